The van der Waals surface area contributed by atoms with Crippen molar-refractivity contribution in [3.05, 3.63) is 93.7 Å². The first-order valence-electron chi connectivity index (χ1n) is 9.90. The average molecular weight is 476 g/mol. The first-order chi connectivity index (χ1) is 16.0. The smallest absolute Gasteiger partial charge is 0.268 e. The van der Waals surface area contributed by atoms with Gasteiger partial charge < -0.3 is 9.30 Å². The molecule has 0 unspecified atom stereocenters. The van der Waals surface area contributed by atoms with Crippen LogP contribution in [-0.4, -0.2) is 20.7 Å². The predicted molar refractivity (Wildman–Crippen MR) is 128 cm³/mol. The van der Waals surface area contributed by atoms with Crippen molar-refractivity contribution in [1.29, 1.82) is 5.26 Å². The molecule has 0 atom stereocenters. The molecule has 1 amide bonds. The molecule has 2 aromatic carbocycles. The summed E-state index contributed by atoms with van der Waals surface area (Å²) in [6.07, 6.45) is 3.36. The summed E-state index contributed by atoms with van der Waals surface area (Å²) < 4.78 is 7.57. The molecule has 9 heteroatoms. The Bertz CT molecular complexity index is 1350. The lowest BCUT2D eigenvalue weighted by Gasteiger charge is -2.07. The molecular weight excluding hydrogens is 458 g/mol. The first-order valence-corrected chi connectivity index (χ1v) is 11.1. The zero-order valence-corrected chi connectivity index (χ0v) is 19.1. The summed E-state index contributed by atoms with van der Waals surface area (Å²) in [6, 6.07) is 20.5. The van der Waals surface area contributed by atoms with E-state index in [1.165, 1.54) is 17.4 Å². The molecular formula is C24H18ClN5O2S. The highest BCUT2D eigenvalue weighted by molar-refractivity contribution is 7.15. The Hall–Kier alpha value is -3.93. The van der Waals surface area contributed by atoms with Crippen molar-refractivity contribution >= 4 is 40.1 Å². The number of aryl methyl sites for hydroxylation is 1. The molecule has 0 aliphatic heterocycles. The number of rotatable bonds is 7. The maximum atomic E-state index is 12.7. The van der Waals surface area contributed by atoms with E-state index in [4.69, 9.17) is 16.3 Å². The minimum absolute atomic E-state index is 0.0586. The van der Waals surface area contributed by atoms with Gasteiger partial charge in [0, 0.05) is 22.6 Å². The molecule has 1 N–H and O–H groups in total. The number of anilines is 1. The van der Waals surface area contributed by atoms with Gasteiger partial charge in [-0.25, -0.2) is 0 Å². The van der Waals surface area contributed by atoms with Crippen LogP contribution in [0.3, 0.4) is 0 Å². The number of amides is 1. The molecule has 164 valence electrons. The van der Waals surface area contributed by atoms with Crippen LogP contribution in [0.1, 0.15) is 16.3 Å². The Balaban J connectivity index is 1.44. The fraction of sp³-hybridized carbons (Fsp3) is 0.0833. The van der Waals surface area contributed by atoms with Gasteiger partial charge in [0.15, 0.2) is 5.01 Å². The summed E-state index contributed by atoms with van der Waals surface area (Å²) >= 11 is 7.15. The number of aromatic nitrogens is 3. The zero-order valence-electron chi connectivity index (χ0n) is 17.5. The second kappa shape index (κ2) is 10.1. The number of halogens is 1. The largest absolute Gasteiger partial charge is 0.486 e. The van der Waals surface area contributed by atoms with Gasteiger partial charge in [0.05, 0.1) is 0 Å². The summed E-state index contributed by atoms with van der Waals surface area (Å²) in [5.41, 5.74) is 2.57. The van der Waals surface area contributed by atoms with Crippen molar-refractivity contribution in [2.75, 3.05) is 5.32 Å². The normalized spacial score (nSPS) is 11.1. The SMILES string of the molecule is Cc1cccc(OCc2nnc(NC(=O)/C(C#N)=C\c3cccn3-c3ccc(Cl)cc3)s2)c1. The maximum Gasteiger partial charge on any atom is 0.268 e. The van der Waals surface area contributed by atoms with Crippen molar-refractivity contribution in [3.63, 3.8) is 0 Å². The van der Waals surface area contributed by atoms with Crippen molar-refractivity contribution in [1.82, 2.24) is 14.8 Å². The fourth-order valence-corrected chi connectivity index (χ4v) is 3.80. The van der Waals surface area contributed by atoms with Crippen LogP contribution in [0.2, 0.25) is 5.02 Å². The second-order valence-electron chi connectivity index (χ2n) is 7.01. The molecule has 7 nitrogen and oxygen atoms in total. The lowest BCUT2D eigenvalue weighted by atomic mass is 10.2. The lowest BCUT2D eigenvalue weighted by molar-refractivity contribution is -0.112. The summed E-state index contributed by atoms with van der Waals surface area (Å²) in [5, 5.41) is 21.7. The van der Waals surface area contributed by atoms with Crippen molar-refractivity contribution in [3.8, 4) is 17.5 Å². The van der Waals surface area contributed by atoms with Gasteiger partial charge in [0.25, 0.3) is 5.91 Å². The number of carbonyl (C=O) groups excluding carboxylic acids is 1. The van der Waals surface area contributed by atoms with Crippen LogP contribution in [0.4, 0.5) is 5.13 Å². The summed E-state index contributed by atoms with van der Waals surface area (Å²) in [5.74, 6) is 0.165. The number of hydrogen-bond donors (Lipinski definition) is 1. The lowest BCUT2D eigenvalue weighted by Crippen LogP contribution is -2.13. The van der Waals surface area contributed by atoms with E-state index in [2.05, 4.69) is 15.5 Å². The van der Waals surface area contributed by atoms with Gasteiger partial charge in [-0.2, -0.15) is 5.26 Å². The summed E-state index contributed by atoms with van der Waals surface area (Å²) in [4.78, 5) is 12.7. The Morgan fingerprint density at radius 2 is 2.03 bits per heavy atom. The third-order valence-electron chi connectivity index (χ3n) is 4.58. The molecule has 0 spiro atoms. The Labute approximate surface area is 199 Å². The predicted octanol–water partition coefficient (Wildman–Crippen LogP) is 5.42. The number of carbonyl (C=O) groups is 1. The number of nitrogens with zero attached hydrogens (tertiary/aromatic N) is 4. The summed E-state index contributed by atoms with van der Waals surface area (Å²) in [7, 11) is 0. The van der Waals surface area contributed by atoms with Crippen molar-refractivity contribution < 1.29 is 9.53 Å². The van der Waals surface area contributed by atoms with E-state index in [9.17, 15) is 10.1 Å². The number of benzene rings is 2. The Morgan fingerprint density at radius 3 is 2.79 bits per heavy atom. The molecule has 0 saturated heterocycles. The highest BCUT2D eigenvalue weighted by Gasteiger charge is 2.14. The molecule has 33 heavy (non-hydrogen) atoms. The van der Waals surface area contributed by atoms with E-state index in [0.29, 0.717) is 15.7 Å². The highest BCUT2D eigenvalue weighted by atomic mass is 35.5. The highest BCUT2D eigenvalue weighted by Crippen LogP contribution is 2.21. The van der Waals surface area contributed by atoms with E-state index in [1.54, 1.807) is 12.1 Å². The molecule has 0 aliphatic rings. The third kappa shape index (κ3) is 5.66. The number of hydrogen-bond acceptors (Lipinski definition) is 6. The molecule has 4 aromatic rings. The molecule has 0 aliphatic carbocycles. The first kappa shape index (κ1) is 22.3. The number of nitriles is 1. The van der Waals surface area contributed by atoms with Crippen molar-refractivity contribution in [2.24, 2.45) is 0 Å². The molecule has 0 saturated carbocycles. The molecule has 4 rings (SSSR count). The standard InChI is InChI=1S/C24H18ClN5O2S/c1-16-4-2-6-21(12-16)32-15-22-28-29-24(33-22)27-23(31)17(14-26)13-20-5-3-11-30(20)19-9-7-18(25)8-10-19/h2-13H,15H2,1H3,(H,27,29,31)/b17-13-. The van der Waals surface area contributed by atoms with Crippen LogP contribution >= 0.6 is 22.9 Å². The van der Waals surface area contributed by atoms with E-state index >= 15 is 0 Å². The Kier molecular flexibility index (Phi) is 6.83. The second-order valence-corrected chi connectivity index (χ2v) is 8.51. The summed E-state index contributed by atoms with van der Waals surface area (Å²) in [6.45, 7) is 2.21. The zero-order chi connectivity index (χ0) is 23.2. The number of nitrogens with one attached hydrogen (secondary N) is 1. The Morgan fingerprint density at radius 1 is 1.21 bits per heavy atom. The molecule has 0 radical (unpaired) electrons. The average Bonchev–Trinajstić information content (AvgIpc) is 3.46. The van der Waals surface area contributed by atoms with E-state index in [-0.39, 0.29) is 17.3 Å². The van der Waals surface area contributed by atoms with E-state index in [1.807, 2.05) is 72.3 Å². The molecule has 2 aromatic heterocycles. The van der Waals surface area contributed by atoms with Gasteiger partial charge in [0.2, 0.25) is 5.13 Å². The van der Waals surface area contributed by atoms with Crippen molar-refractivity contribution in [2.45, 2.75) is 13.5 Å². The van der Waals surface area contributed by atoms with Gasteiger partial charge >= 0.3 is 0 Å². The third-order valence-corrected chi connectivity index (χ3v) is 5.65. The van der Waals surface area contributed by atoms with Crippen LogP contribution in [0.5, 0.6) is 5.75 Å². The van der Waals surface area contributed by atoms with E-state index in [0.717, 1.165) is 17.0 Å². The topological polar surface area (TPSA) is 92.8 Å². The van der Waals surface area contributed by atoms with Crippen LogP contribution < -0.4 is 10.1 Å². The monoisotopic (exact) mass is 475 g/mol. The van der Waals surface area contributed by atoms with Gasteiger partial charge in [0.1, 0.15) is 24.0 Å². The van der Waals surface area contributed by atoms with E-state index < -0.39 is 5.91 Å². The van der Waals surface area contributed by atoms with Crippen LogP contribution in [-0.2, 0) is 11.4 Å². The fourth-order valence-electron chi connectivity index (χ4n) is 3.02. The minimum atomic E-state index is -0.566. The van der Waals surface area contributed by atoms with Gasteiger partial charge in [-0.1, -0.05) is 35.1 Å². The van der Waals surface area contributed by atoms with Crippen LogP contribution in [0, 0.1) is 18.3 Å². The molecule has 2 heterocycles. The minimum Gasteiger partial charge on any atom is -0.486 e. The molecule has 0 fully saturated rings. The van der Waals surface area contributed by atoms with Gasteiger partial charge in [-0.15, -0.1) is 10.2 Å². The number of ether oxygens (including phenoxy) is 1. The quantitative estimate of drug-likeness (QED) is 0.285. The van der Waals surface area contributed by atoms with Crippen LogP contribution in [0.15, 0.2) is 72.4 Å². The van der Waals surface area contributed by atoms with Crippen LogP contribution in [0.25, 0.3) is 11.8 Å². The molecule has 0 bridgehead atoms. The van der Waals surface area contributed by atoms with Gasteiger partial charge in [-0.05, 0) is 67.1 Å². The van der Waals surface area contributed by atoms with Gasteiger partial charge in [-0.3, -0.25) is 10.1 Å². The maximum absolute atomic E-state index is 12.7.